The molecule has 2 heterocycles. The summed E-state index contributed by atoms with van der Waals surface area (Å²) in [6, 6.07) is 7.93. The van der Waals surface area contributed by atoms with Gasteiger partial charge in [-0.2, -0.15) is 0 Å². The fraction of sp³-hybridized carbons (Fsp3) is 0.579. The Bertz CT molecular complexity index is 622. The van der Waals surface area contributed by atoms with Gasteiger partial charge in [0, 0.05) is 12.5 Å². The first-order valence-electron chi connectivity index (χ1n) is 8.90. The second-order valence-electron chi connectivity index (χ2n) is 7.08. The number of nitrogens with one attached hydrogen (secondary N) is 1. The third-order valence-electron chi connectivity index (χ3n) is 5.75. The van der Waals surface area contributed by atoms with E-state index in [9.17, 15) is 9.59 Å². The molecule has 0 aromatic heterocycles. The molecule has 2 fully saturated rings. The minimum absolute atomic E-state index is 0.115. The molecule has 0 spiro atoms. The lowest BCUT2D eigenvalue weighted by Crippen LogP contribution is -2.61. The summed E-state index contributed by atoms with van der Waals surface area (Å²) in [4.78, 5) is 27.4. The highest BCUT2D eigenvalue weighted by atomic mass is 16.2. The van der Waals surface area contributed by atoms with E-state index in [1.165, 1.54) is 12.0 Å². The minimum Gasteiger partial charge on any atom is -0.332 e. The van der Waals surface area contributed by atoms with Crippen LogP contribution in [0.5, 0.6) is 0 Å². The molecule has 122 valence electrons. The number of Topliss-reactive ketones (excluding diaryl/α,β-unsaturated/α-hetero) is 1. The van der Waals surface area contributed by atoms with Crippen molar-refractivity contribution in [3.8, 4) is 0 Å². The summed E-state index contributed by atoms with van der Waals surface area (Å²) >= 11 is 0. The predicted octanol–water partition coefficient (Wildman–Crippen LogP) is 2.23. The van der Waals surface area contributed by atoms with Crippen LogP contribution in [0.15, 0.2) is 24.3 Å². The first-order chi connectivity index (χ1) is 11.3. The second kappa shape index (κ2) is 6.08. The van der Waals surface area contributed by atoms with Gasteiger partial charge >= 0.3 is 0 Å². The fourth-order valence-electron chi connectivity index (χ4n) is 4.55. The lowest BCUT2D eigenvalue weighted by Gasteiger charge is -2.45. The van der Waals surface area contributed by atoms with Gasteiger partial charge in [0.05, 0.1) is 18.6 Å². The summed E-state index contributed by atoms with van der Waals surface area (Å²) < 4.78 is 0. The lowest BCUT2D eigenvalue weighted by atomic mass is 9.78. The van der Waals surface area contributed by atoms with Gasteiger partial charge in [0.2, 0.25) is 5.91 Å². The smallest absolute Gasteiger partial charge is 0.237 e. The number of amides is 1. The molecular weight excluding hydrogens is 288 g/mol. The number of rotatable bonds is 2. The van der Waals surface area contributed by atoms with Crippen LogP contribution in [-0.2, 0) is 16.0 Å². The lowest BCUT2D eigenvalue weighted by molar-refractivity contribution is -0.141. The Morgan fingerprint density at radius 1 is 1.13 bits per heavy atom. The van der Waals surface area contributed by atoms with E-state index in [0.717, 1.165) is 44.2 Å². The molecule has 4 rings (SSSR count). The van der Waals surface area contributed by atoms with E-state index in [2.05, 4.69) is 17.4 Å². The van der Waals surface area contributed by atoms with E-state index in [0.29, 0.717) is 12.3 Å². The monoisotopic (exact) mass is 312 g/mol. The van der Waals surface area contributed by atoms with Gasteiger partial charge in [-0.1, -0.05) is 43.5 Å². The molecular formula is C19H24N2O2. The highest BCUT2D eigenvalue weighted by molar-refractivity contribution is 5.91. The number of carbonyl (C=O) groups excluding carboxylic acids is 2. The molecule has 2 aliphatic heterocycles. The van der Waals surface area contributed by atoms with Gasteiger partial charge in [0.1, 0.15) is 0 Å². The number of hydrogen-bond donors (Lipinski definition) is 1. The maximum atomic E-state index is 13.1. The molecule has 1 amide bonds. The van der Waals surface area contributed by atoms with Crippen molar-refractivity contribution in [2.45, 2.75) is 50.6 Å². The van der Waals surface area contributed by atoms with E-state index in [1.807, 2.05) is 17.0 Å². The molecule has 1 aromatic rings. The molecule has 1 saturated carbocycles. The highest BCUT2D eigenvalue weighted by Gasteiger charge is 2.44. The van der Waals surface area contributed by atoms with Crippen LogP contribution in [0.1, 0.15) is 49.3 Å². The van der Waals surface area contributed by atoms with Crippen molar-refractivity contribution < 1.29 is 9.59 Å². The summed E-state index contributed by atoms with van der Waals surface area (Å²) in [5.41, 5.74) is 2.44. The van der Waals surface area contributed by atoms with Crippen molar-refractivity contribution >= 4 is 11.7 Å². The van der Waals surface area contributed by atoms with Crippen LogP contribution in [0.2, 0.25) is 0 Å². The Labute approximate surface area is 137 Å². The maximum absolute atomic E-state index is 13.1. The number of benzene rings is 1. The summed E-state index contributed by atoms with van der Waals surface area (Å²) in [5, 5.41) is 3.27. The van der Waals surface area contributed by atoms with Crippen molar-refractivity contribution in [2.24, 2.45) is 5.92 Å². The van der Waals surface area contributed by atoms with Gasteiger partial charge in [-0.15, -0.1) is 0 Å². The standard InChI is InChI=1S/C19H24N2O2/c22-16-12-20-17(19(23)14-7-2-1-3-8-14)18-15-9-5-4-6-13(15)10-11-21(16)18/h4-6,9,14,17-18,20H,1-3,7-8,10-12H2/t17-,18?/m1/s1. The van der Waals surface area contributed by atoms with Gasteiger partial charge in [-0.3, -0.25) is 14.9 Å². The van der Waals surface area contributed by atoms with Gasteiger partial charge in [-0.25, -0.2) is 0 Å². The molecule has 1 unspecified atom stereocenters. The van der Waals surface area contributed by atoms with Crippen LogP contribution in [0.4, 0.5) is 0 Å². The number of ketones is 1. The number of nitrogens with zero attached hydrogens (tertiary/aromatic N) is 1. The zero-order chi connectivity index (χ0) is 15.8. The first kappa shape index (κ1) is 14.9. The largest absolute Gasteiger partial charge is 0.332 e. The van der Waals surface area contributed by atoms with E-state index in [-0.39, 0.29) is 23.9 Å². The third kappa shape index (κ3) is 2.59. The molecule has 4 heteroatoms. The Kier molecular flexibility index (Phi) is 3.93. The normalized spacial score (nSPS) is 28.2. The number of fused-ring (bicyclic) bond motifs is 3. The van der Waals surface area contributed by atoms with Crippen LogP contribution in [0, 0.1) is 5.92 Å². The van der Waals surface area contributed by atoms with Gasteiger partial charge in [0.25, 0.3) is 0 Å². The summed E-state index contributed by atoms with van der Waals surface area (Å²) in [5.74, 6) is 0.617. The molecule has 1 saturated heterocycles. The van der Waals surface area contributed by atoms with E-state index < -0.39 is 0 Å². The summed E-state index contributed by atoms with van der Waals surface area (Å²) in [7, 11) is 0. The fourth-order valence-corrected chi connectivity index (χ4v) is 4.55. The van der Waals surface area contributed by atoms with Crippen LogP contribution in [0.3, 0.4) is 0 Å². The molecule has 0 radical (unpaired) electrons. The maximum Gasteiger partial charge on any atom is 0.237 e. The van der Waals surface area contributed by atoms with E-state index in [4.69, 9.17) is 0 Å². The molecule has 23 heavy (non-hydrogen) atoms. The SMILES string of the molecule is O=C(C1CCCCC1)[C@@H]1NCC(=O)N2CCc3ccccc3C12. The Hall–Kier alpha value is -1.68. The van der Waals surface area contributed by atoms with Crippen molar-refractivity contribution in [1.82, 2.24) is 10.2 Å². The van der Waals surface area contributed by atoms with Gasteiger partial charge in [-0.05, 0) is 30.4 Å². The van der Waals surface area contributed by atoms with Crippen molar-refractivity contribution in [1.29, 1.82) is 0 Å². The van der Waals surface area contributed by atoms with Crippen LogP contribution in [-0.4, -0.2) is 35.7 Å². The van der Waals surface area contributed by atoms with Crippen LogP contribution >= 0.6 is 0 Å². The first-order valence-corrected chi connectivity index (χ1v) is 8.90. The molecule has 1 N–H and O–H groups in total. The molecule has 2 atom stereocenters. The van der Waals surface area contributed by atoms with Crippen LogP contribution < -0.4 is 5.32 Å². The highest BCUT2D eigenvalue weighted by Crippen LogP contribution is 2.37. The topological polar surface area (TPSA) is 49.4 Å². The van der Waals surface area contributed by atoms with Gasteiger partial charge in [0.15, 0.2) is 5.78 Å². The number of piperazine rings is 1. The second-order valence-corrected chi connectivity index (χ2v) is 7.08. The number of hydrogen-bond acceptors (Lipinski definition) is 3. The Morgan fingerprint density at radius 3 is 2.74 bits per heavy atom. The zero-order valence-corrected chi connectivity index (χ0v) is 13.5. The molecule has 3 aliphatic rings. The van der Waals surface area contributed by atoms with E-state index in [1.54, 1.807) is 0 Å². The molecule has 1 aromatic carbocycles. The summed E-state index contributed by atoms with van der Waals surface area (Å²) in [6.07, 6.45) is 6.49. The molecule has 4 nitrogen and oxygen atoms in total. The zero-order valence-electron chi connectivity index (χ0n) is 13.5. The third-order valence-corrected chi connectivity index (χ3v) is 5.75. The average Bonchev–Trinajstić information content (AvgIpc) is 2.62. The average molecular weight is 312 g/mol. The van der Waals surface area contributed by atoms with Crippen molar-refractivity contribution in [3.05, 3.63) is 35.4 Å². The van der Waals surface area contributed by atoms with Crippen molar-refractivity contribution in [3.63, 3.8) is 0 Å². The molecule has 0 bridgehead atoms. The van der Waals surface area contributed by atoms with Crippen LogP contribution in [0.25, 0.3) is 0 Å². The Morgan fingerprint density at radius 2 is 1.91 bits per heavy atom. The minimum atomic E-state index is -0.239. The summed E-state index contributed by atoms with van der Waals surface area (Å²) in [6.45, 7) is 1.03. The Balaban J connectivity index is 1.67. The van der Waals surface area contributed by atoms with E-state index >= 15 is 0 Å². The van der Waals surface area contributed by atoms with Gasteiger partial charge < -0.3 is 4.90 Å². The predicted molar refractivity (Wildman–Crippen MR) is 88.0 cm³/mol. The quantitative estimate of drug-likeness (QED) is 0.911. The van der Waals surface area contributed by atoms with Crippen molar-refractivity contribution in [2.75, 3.05) is 13.1 Å². The number of carbonyl (C=O) groups is 2. The molecule has 1 aliphatic carbocycles.